The number of hydrogen-bond donors (Lipinski definition) is 4. The van der Waals surface area contributed by atoms with Crippen molar-refractivity contribution in [2.75, 3.05) is 7.11 Å². The van der Waals surface area contributed by atoms with Crippen LogP contribution in [0.2, 0.25) is 0 Å². The highest BCUT2D eigenvalue weighted by atomic mass is 16.7. The fourth-order valence-electron chi connectivity index (χ4n) is 3.41. The Labute approximate surface area is 180 Å². The maximum absolute atomic E-state index is 12.9. The molecule has 0 bridgehead atoms. The molecule has 3 aromatic rings. The predicted molar refractivity (Wildman–Crippen MR) is 109 cm³/mol. The molecule has 1 fully saturated rings. The Morgan fingerprint density at radius 3 is 2.41 bits per heavy atom. The van der Waals surface area contributed by atoms with Gasteiger partial charge < -0.3 is 39.1 Å². The van der Waals surface area contributed by atoms with E-state index in [1.807, 2.05) is 0 Å². The molecule has 2 aromatic carbocycles. The quantitative estimate of drug-likeness (QED) is 0.419. The third kappa shape index (κ3) is 3.92. The van der Waals surface area contributed by atoms with Crippen molar-refractivity contribution in [2.45, 2.75) is 30.7 Å². The van der Waals surface area contributed by atoms with Crippen LogP contribution in [-0.2, 0) is 14.3 Å². The fraction of sp³-hybridized carbons (Fsp3) is 0.273. The number of carbonyl (C=O) groups excluding carboxylic acids is 1. The van der Waals surface area contributed by atoms with Gasteiger partial charge in [0.25, 0.3) is 0 Å². The summed E-state index contributed by atoms with van der Waals surface area (Å²) in [7, 11) is 1.09. The highest BCUT2D eigenvalue weighted by molar-refractivity contribution is 5.82. The number of hydrogen-bond acceptors (Lipinski definition) is 10. The molecule has 168 valence electrons. The molecule has 4 rings (SSSR count). The lowest BCUT2D eigenvalue weighted by atomic mass is 9.99. The zero-order valence-corrected chi connectivity index (χ0v) is 16.7. The number of fused-ring (bicyclic) bond motifs is 1. The van der Waals surface area contributed by atoms with Gasteiger partial charge in [0, 0.05) is 6.07 Å². The molecular formula is C22H20O10. The first-order valence-electron chi connectivity index (χ1n) is 9.59. The van der Waals surface area contributed by atoms with Crippen LogP contribution in [-0.4, -0.2) is 64.2 Å². The van der Waals surface area contributed by atoms with Crippen LogP contribution in [0.3, 0.4) is 0 Å². The Balaban J connectivity index is 1.61. The van der Waals surface area contributed by atoms with Gasteiger partial charge in [0.1, 0.15) is 41.7 Å². The molecule has 0 unspecified atom stereocenters. The smallest absolute Gasteiger partial charge is 0.337 e. The van der Waals surface area contributed by atoms with E-state index in [4.69, 9.17) is 13.9 Å². The molecule has 0 spiro atoms. The van der Waals surface area contributed by atoms with Crippen LogP contribution in [0.15, 0.2) is 57.9 Å². The van der Waals surface area contributed by atoms with Gasteiger partial charge >= 0.3 is 5.97 Å². The fourth-order valence-corrected chi connectivity index (χ4v) is 3.41. The van der Waals surface area contributed by atoms with Gasteiger partial charge in [0.15, 0.2) is 11.5 Å². The predicted octanol–water partition coefficient (Wildman–Crippen LogP) is 0.525. The molecular weight excluding hydrogens is 424 g/mol. The molecule has 1 aromatic heterocycles. The lowest BCUT2D eigenvalue weighted by Crippen LogP contribution is -2.61. The second kappa shape index (κ2) is 8.60. The van der Waals surface area contributed by atoms with Crippen LogP contribution in [0.25, 0.3) is 22.1 Å². The lowest BCUT2D eigenvalue weighted by Gasteiger charge is -2.38. The van der Waals surface area contributed by atoms with Gasteiger partial charge in [-0.3, -0.25) is 4.79 Å². The number of aliphatic hydroxyl groups is 3. The average Bonchev–Trinajstić information content (AvgIpc) is 2.80. The Hall–Kier alpha value is -3.44. The van der Waals surface area contributed by atoms with E-state index in [0.29, 0.717) is 11.1 Å². The van der Waals surface area contributed by atoms with Crippen LogP contribution >= 0.6 is 0 Å². The second-order valence-corrected chi connectivity index (χ2v) is 7.22. The number of benzene rings is 2. The maximum atomic E-state index is 12.9. The van der Waals surface area contributed by atoms with Crippen molar-refractivity contribution >= 4 is 16.9 Å². The monoisotopic (exact) mass is 444 g/mol. The van der Waals surface area contributed by atoms with Crippen molar-refractivity contribution in [3.63, 3.8) is 0 Å². The van der Waals surface area contributed by atoms with E-state index in [-0.39, 0.29) is 27.9 Å². The third-order valence-corrected chi connectivity index (χ3v) is 5.18. The van der Waals surface area contributed by atoms with Gasteiger partial charge in [0.2, 0.25) is 6.29 Å². The average molecular weight is 444 g/mol. The summed E-state index contributed by atoms with van der Waals surface area (Å²) in [5, 5.41) is 39.8. The molecule has 0 saturated carbocycles. The van der Waals surface area contributed by atoms with E-state index >= 15 is 0 Å². The molecule has 32 heavy (non-hydrogen) atoms. The molecule has 5 atom stereocenters. The van der Waals surface area contributed by atoms with Crippen molar-refractivity contribution in [3.8, 4) is 22.6 Å². The Bertz CT molecular complexity index is 1190. The number of carbonyl (C=O) groups is 1. The number of ether oxygens (including phenoxy) is 3. The van der Waals surface area contributed by atoms with Gasteiger partial charge in [-0.2, -0.15) is 0 Å². The molecule has 10 heteroatoms. The minimum atomic E-state index is -1.72. The van der Waals surface area contributed by atoms with E-state index in [9.17, 15) is 30.0 Å². The van der Waals surface area contributed by atoms with E-state index in [1.54, 1.807) is 12.1 Å². The minimum Gasteiger partial charge on any atom is -0.508 e. The largest absolute Gasteiger partial charge is 0.508 e. The lowest BCUT2D eigenvalue weighted by molar-refractivity contribution is -0.271. The summed E-state index contributed by atoms with van der Waals surface area (Å²) in [6, 6.07) is 10.4. The number of phenols is 1. The molecule has 4 N–H and O–H groups in total. The topological polar surface area (TPSA) is 156 Å². The van der Waals surface area contributed by atoms with Gasteiger partial charge in [-0.05, 0) is 29.8 Å². The van der Waals surface area contributed by atoms with Crippen LogP contribution < -0.4 is 10.2 Å². The molecule has 1 aliphatic heterocycles. The first kappa shape index (κ1) is 21.8. The van der Waals surface area contributed by atoms with Crippen molar-refractivity contribution in [1.29, 1.82) is 0 Å². The van der Waals surface area contributed by atoms with E-state index in [0.717, 1.165) is 7.11 Å². The number of aliphatic hydroxyl groups excluding tert-OH is 3. The van der Waals surface area contributed by atoms with Crippen LogP contribution in [0.5, 0.6) is 11.5 Å². The molecule has 10 nitrogen and oxygen atoms in total. The molecule has 0 aliphatic carbocycles. The Morgan fingerprint density at radius 1 is 1.00 bits per heavy atom. The molecule has 0 amide bonds. The van der Waals surface area contributed by atoms with Crippen LogP contribution in [0, 0.1) is 0 Å². The van der Waals surface area contributed by atoms with Gasteiger partial charge in [0.05, 0.1) is 18.1 Å². The van der Waals surface area contributed by atoms with Gasteiger partial charge in [-0.25, -0.2) is 4.79 Å². The summed E-state index contributed by atoms with van der Waals surface area (Å²) < 4.78 is 20.9. The Kier molecular flexibility index (Phi) is 5.85. The second-order valence-electron chi connectivity index (χ2n) is 7.22. The first-order chi connectivity index (χ1) is 15.3. The zero-order chi connectivity index (χ0) is 23.0. The SMILES string of the molecule is COC(=O)[C@H]1O[C@@H](Oc2ccc3c(=O)c(-c4ccc(O)cc4)coc3c2)[C@H](O)[C@@H](O)[C@@H]1O. The standard InChI is InChI=1S/C22H20O10/c1-29-21(28)20-18(26)17(25)19(27)22(32-20)31-12-6-7-13-15(8-12)30-9-14(16(13)24)10-2-4-11(23)5-3-10/h2-9,17-20,22-23,25-27H,1H3/t17-,18-,19+,20-,22+/m0/s1. The maximum Gasteiger partial charge on any atom is 0.337 e. The summed E-state index contributed by atoms with van der Waals surface area (Å²) in [5.41, 5.74) is 0.751. The van der Waals surface area contributed by atoms with Crippen LogP contribution in [0.4, 0.5) is 0 Å². The van der Waals surface area contributed by atoms with Crippen molar-refractivity contribution < 1.29 is 43.8 Å². The number of aromatic hydroxyl groups is 1. The summed E-state index contributed by atoms with van der Waals surface area (Å²) in [5.74, 6) is -0.752. The summed E-state index contributed by atoms with van der Waals surface area (Å²) in [6.45, 7) is 0. The number of esters is 1. The van der Waals surface area contributed by atoms with Crippen molar-refractivity contribution in [2.24, 2.45) is 0 Å². The first-order valence-corrected chi connectivity index (χ1v) is 9.59. The highest BCUT2D eigenvalue weighted by Crippen LogP contribution is 2.28. The normalized spacial score (nSPS) is 25.4. The summed E-state index contributed by atoms with van der Waals surface area (Å²) in [4.78, 5) is 24.6. The minimum absolute atomic E-state index is 0.0694. The Morgan fingerprint density at radius 2 is 1.72 bits per heavy atom. The molecule has 1 saturated heterocycles. The van der Waals surface area contributed by atoms with Crippen molar-refractivity contribution in [3.05, 3.63) is 59.0 Å². The zero-order valence-electron chi connectivity index (χ0n) is 16.7. The van der Waals surface area contributed by atoms with Gasteiger partial charge in [-0.15, -0.1) is 0 Å². The highest BCUT2D eigenvalue weighted by Gasteiger charge is 2.48. The van der Waals surface area contributed by atoms with E-state index in [1.165, 1.54) is 36.6 Å². The summed E-state index contributed by atoms with van der Waals surface area (Å²) >= 11 is 0. The van der Waals surface area contributed by atoms with Crippen molar-refractivity contribution in [1.82, 2.24) is 0 Å². The number of methoxy groups -OCH3 is 1. The number of rotatable bonds is 4. The summed E-state index contributed by atoms with van der Waals surface area (Å²) in [6.07, 6.45) is -6.87. The molecule has 0 radical (unpaired) electrons. The third-order valence-electron chi connectivity index (χ3n) is 5.18. The van der Waals surface area contributed by atoms with Gasteiger partial charge in [-0.1, -0.05) is 12.1 Å². The van der Waals surface area contributed by atoms with E-state index in [2.05, 4.69) is 4.74 Å². The number of phenolic OH excluding ortho intramolecular Hbond substituents is 1. The molecule has 2 heterocycles. The molecule has 1 aliphatic rings. The van der Waals surface area contributed by atoms with Crippen LogP contribution in [0.1, 0.15) is 0 Å². The van der Waals surface area contributed by atoms with E-state index < -0.39 is 36.7 Å².